The largest absolute Gasteiger partial charge is 0.444 e. The number of hydrogen-bond donors (Lipinski definition) is 2. The second-order valence-electron chi connectivity index (χ2n) is 7.97. The van der Waals surface area contributed by atoms with Crippen LogP contribution in [0.25, 0.3) is 0 Å². The molecule has 0 radical (unpaired) electrons. The van der Waals surface area contributed by atoms with Crippen LogP contribution in [0.4, 0.5) is 16.2 Å². The standard InChI is InChI=1S/C19H27ClN4O5/c1-19(2,3)29-18(26)21-11-14-6-4-5-9-23(14)12-17(25)22-16-8-7-13(24(27)28)10-15(16)20/h7-8,10,14H,4-6,9,11-12H2,1-3H3,(H,21,26)(H,22,25). The lowest BCUT2D eigenvalue weighted by Crippen LogP contribution is -2.49. The molecule has 160 valence electrons. The number of nitro benzene ring substituents is 1. The maximum atomic E-state index is 12.5. The van der Waals surface area contributed by atoms with Gasteiger partial charge in [0.15, 0.2) is 0 Å². The number of ether oxygens (including phenoxy) is 1. The van der Waals surface area contributed by atoms with Gasteiger partial charge in [0.1, 0.15) is 5.60 Å². The molecule has 0 spiro atoms. The fraction of sp³-hybridized carbons (Fsp3) is 0.579. The summed E-state index contributed by atoms with van der Waals surface area (Å²) in [7, 11) is 0. The summed E-state index contributed by atoms with van der Waals surface area (Å²) in [6.45, 7) is 6.66. The Morgan fingerprint density at radius 2 is 2.07 bits per heavy atom. The third kappa shape index (κ3) is 7.51. The molecule has 2 amide bonds. The minimum Gasteiger partial charge on any atom is -0.444 e. The van der Waals surface area contributed by atoms with Crippen LogP contribution in [0.5, 0.6) is 0 Å². The Kier molecular flexibility index (Phi) is 7.80. The van der Waals surface area contributed by atoms with E-state index in [1.165, 1.54) is 18.2 Å². The lowest BCUT2D eigenvalue weighted by molar-refractivity contribution is -0.384. The van der Waals surface area contributed by atoms with Crippen molar-refractivity contribution in [2.75, 3.05) is 25.0 Å². The van der Waals surface area contributed by atoms with E-state index in [1.807, 2.05) is 4.90 Å². The van der Waals surface area contributed by atoms with Gasteiger partial charge in [0.05, 0.1) is 22.2 Å². The number of piperidine rings is 1. The van der Waals surface area contributed by atoms with Gasteiger partial charge < -0.3 is 15.4 Å². The highest BCUT2D eigenvalue weighted by Gasteiger charge is 2.26. The zero-order chi connectivity index (χ0) is 21.6. The first-order chi connectivity index (χ1) is 13.5. The molecule has 1 aromatic rings. The van der Waals surface area contributed by atoms with Crippen LogP contribution < -0.4 is 10.6 Å². The van der Waals surface area contributed by atoms with E-state index < -0.39 is 16.6 Å². The van der Waals surface area contributed by atoms with Crippen LogP contribution >= 0.6 is 11.6 Å². The van der Waals surface area contributed by atoms with Gasteiger partial charge in [-0.15, -0.1) is 0 Å². The molecule has 1 heterocycles. The first-order valence-corrected chi connectivity index (χ1v) is 9.87. The fourth-order valence-electron chi connectivity index (χ4n) is 3.11. The molecule has 0 aliphatic carbocycles. The Morgan fingerprint density at radius 3 is 2.69 bits per heavy atom. The number of nitrogens with one attached hydrogen (secondary N) is 2. The number of hydrogen-bond acceptors (Lipinski definition) is 6. The quantitative estimate of drug-likeness (QED) is 0.531. The van der Waals surface area contributed by atoms with E-state index >= 15 is 0 Å². The number of nitro groups is 1. The molecule has 9 nitrogen and oxygen atoms in total. The third-order valence-electron chi connectivity index (χ3n) is 4.41. The number of amides is 2. The van der Waals surface area contributed by atoms with Gasteiger partial charge in [-0.1, -0.05) is 18.0 Å². The number of carbonyl (C=O) groups is 2. The molecule has 2 rings (SSSR count). The number of anilines is 1. The Morgan fingerprint density at radius 1 is 1.34 bits per heavy atom. The summed E-state index contributed by atoms with van der Waals surface area (Å²) in [5.74, 6) is -0.273. The molecule has 10 heteroatoms. The van der Waals surface area contributed by atoms with Crippen molar-refractivity contribution < 1.29 is 19.2 Å². The number of benzene rings is 1. The highest BCUT2D eigenvalue weighted by Crippen LogP contribution is 2.26. The van der Waals surface area contributed by atoms with E-state index in [4.69, 9.17) is 16.3 Å². The van der Waals surface area contributed by atoms with Gasteiger partial charge in [-0.3, -0.25) is 19.8 Å². The summed E-state index contributed by atoms with van der Waals surface area (Å²) in [4.78, 5) is 36.6. The molecule has 0 bridgehead atoms. The van der Waals surface area contributed by atoms with Gasteiger partial charge in [0.25, 0.3) is 5.69 Å². The lowest BCUT2D eigenvalue weighted by atomic mass is 10.0. The second-order valence-corrected chi connectivity index (χ2v) is 8.38. The maximum absolute atomic E-state index is 12.5. The van der Waals surface area contributed by atoms with Crippen molar-refractivity contribution in [1.29, 1.82) is 0 Å². The molecule has 1 unspecified atom stereocenters. The van der Waals surface area contributed by atoms with E-state index in [-0.39, 0.29) is 29.2 Å². The molecule has 1 aliphatic heterocycles. The summed E-state index contributed by atoms with van der Waals surface area (Å²) in [5, 5.41) is 16.4. The third-order valence-corrected chi connectivity index (χ3v) is 4.73. The zero-order valence-corrected chi connectivity index (χ0v) is 17.6. The van der Waals surface area contributed by atoms with Gasteiger partial charge in [-0.05, 0) is 46.2 Å². The van der Waals surface area contributed by atoms with Crippen molar-refractivity contribution in [3.8, 4) is 0 Å². The first-order valence-electron chi connectivity index (χ1n) is 9.50. The molecule has 0 aromatic heterocycles. The lowest BCUT2D eigenvalue weighted by Gasteiger charge is -2.35. The SMILES string of the molecule is CC(C)(C)OC(=O)NCC1CCCCN1CC(=O)Nc1ccc([N+](=O)[O-])cc1Cl. The van der Waals surface area contributed by atoms with Crippen LogP contribution in [0.3, 0.4) is 0 Å². The Labute approximate surface area is 174 Å². The van der Waals surface area contributed by atoms with Crippen LogP contribution in [-0.4, -0.2) is 53.1 Å². The molecule has 1 fully saturated rings. The summed E-state index contributed by atoms with van der Waals surface area (Å²) >= 11 is 6.03. The van der Waals surface area contributed by atoms with Crippen molar-refractivity contribution in [2.24, 2.45) is 0 Å². The van der Waals surface area contributed by atoms with Gasteiger partial charge in [0.2, 0.25) is 5.91 Å². The zero-order valence-electron chi connectivity index (χ0n) is 16.9. The van der Waals surface area contributed by atoms with Crippen molar-refractivity contribution >= 4 is 35.0 Å². The number of nitrogens with zero attached hydrogens (tertiary/aromatic N) is 2. The average Bonchev–Trinajstić information content (AvgIpc) is 2.61. The highest BCUT2D eigenvalue weighted by atomic mass is 35.5. The van der Waals surface area contributed by atoms with Crippen LogP contribution in [0.1, 0.15) is 40.0 Å². The number of likely N-dealkylation sites (tertiary alicyclic amines) is 1. The Hall–Kier alpha value is -2.39. The van der Waals surface area contributed by atoms with Crippen molar-refractivity contribution in [2.45, 2.75) is 51.7 Å². The summed E-state index contributed by atoms with van der Waals surface area (Å²) < 4.78 is 5.25. The van der Waals surface area contributed by atoms with Gasteiger partial charge in [-0.25, -0.2) is 4.79 Å². The molecule has 1 saturated heterocycles. The van der Waals surface area contributed by atoms with Crippen LogP contribution in [0, 0.1) is 10.1 Å². The number of halogens is 1. The second kappa shape index (κ2) is 9.89. The molecule has 1 atom stereocenters. The monoisotopic (exact) mass is 426 g/mol. The van der Waals surface area contributed by atoms with E-state index in [2.05, 4.69) is 10.6 Å². The summed E-state index contributed by atoms with van der Waals surface area (Å²) in [6.07, 6.45) is 2.37. The summed E-state index contributed by atoms with van der Waals surface area (Å²) in [5.41, 5.74) is -0.389. The van der Waals surface area contributed by atoms with Gasteiger partial charge >= 0.3 is 6.09 Å². The Balaban J connectivity index is 1.91. The molecule has 0 saturated carbocycles. The van der Waals surface area contributed by atoms with Crippen LogP contribution in [0.2, 0.25) is 5.02 Å². The molecular formula is C19H27ClN4O5. The van der Waals surface area contributed by atoms with E-state index in [1.54, 1.807) is 20.8 Å². The number of carbonyl (C=O) groups excluding carboxylic acids is 2. The van der Waals surface area contributed by atoms with Crippen molar-refractivity contribution in [3.63, 3.8) is 0 Å². The first kappa shape index (κ1) is 22.9. The average molecular weight is 427 g/mol. The smallest absolute Gasteiger partial charge is 0.407 e. The predicted molar refractivity (Wildman–Crippen MR) is 110 cm³/mol. The van der Waals surface area contributed by atoms with Crippen LogP contribution in [0.15, 0.2) is 18.2 Å². The maximum Gasteiger partial charge on any atom is 0.407 e. The van der Waals surface area contributed by atoms with E-state index in [0.717, 1.165) is 25.8 Å². The van der Waals surface area contributed by atoms with Crippen molar-refractivity contribution in [1.82, 2.24) is 10.2 Å². The normalized spacial score (nSPS) is 17.4. The van der Waals surface area contributed by atoms with Gasteiger partial charge in [0, 0.05) is 24.7 Å². The Bertz CT molecular complexity index is 765. The van der Waals surface area contributed by atoms with E-state index in [9.17, 15) is 19.7 Å². The number of non-ortho nitro benzene ring substituents is 1. The number of alkyl carbamates (subject to hydrolysis) is 1. The number of rotatable bonds is 6. The molecular weight excluding hydrogens is 400 g/mol. The van der Waals surface area contributed by atoms with Crippen LogP contribution in [-0.2, 0) is 9.53 Å². The highest BCUT2D eigenvalue weighted by molar-refractivity contribution is 6.34. The van der Waals surface area contributed by atoms with Crippen molar-refractivity contribution in [3.05, 3.63) is 33.3 Å². The minimum absolute atomic E-state index is 0.0225. The van der Waals surface area contributed by atoms with E-state index in [0.29, 0.717) is 12.2 Å². The molecule has 29 heavy (non-hydrogen) atoms. The topological polar surface area (TPSA) is 114 Å². The predicted octanol–water partition coefficient (Wildman–Crippen LogP) is 3.57. The molecule has 1 aromatic carbocycles. The fourth-order valence-corrected chi connectivity index (χ4v) is 3.33. The summed E-state index contributed by atoms with van der Waals surface area (Å²) in [6, 6.07) is 3.92. The minimum atomic E-state index is -0.569. The van der Waals surface area contributed by atoms with Gasteiger partial charge in [-0.2, -0.15) is 0 Å². The molecule has 2 N–H and O–H groups in total. The molecule has 1 aliphatic rings.